The van der Waals surface area contributed by atoms with Gasteiger partial charge in [0.05, 0.1) is 12.1 Å². The highest BCUT2D eigenvalue weighted by atomic mass is 16.1. The molecular weight excluding hydrogens is 460 g/mol. The van der Waals surface area contributed by atoms with Crippen LogP contribution in [0.15, 0.2) is 79.0 Å². The average molecular weight is 495 g/mol. The molecule has 1 atom stereocenters. The fraction of sp³-hybridized carbons (Fsp3) is 0.290. The number of benzene rings is 3. The summed E-state index contributed by atoms with van der Waals surface area (Å²) in [6.07, 6.45) is 2.59. The van der Waals surface area contributed by atoms with Crippen LogP contribution in [0.3, 0.4) is 0 Å². The van der Waals surface area contributed by atoms with Gasteiger partial charge in [0.1, 0.15) is 0 Å². The molecule has 3 aromatic carbocycles. The van der Waals surface area contributed by atoms with Crippen LogP contribution in [-0.2, 0) is 6.42 Å². The molecule has 0 saturated carbocycles. The molecule has 1 saturated heterocycles. The van der Waals surface area contributed by atoms with Crippen molar-refractivity contribution in [3.63, 3.8) is 0 Å². The Bertz CT molecular complexity index is 1370. The van der Waals surface area contributed by atoms with Gasteiger partial charge in [-0.3, -0.25) is 14.5 Å². The summed E-state index contributed by atoms with van der Waals surface area (Å²) in [5.74, 6) is -0.0715. The number of carbonyl (C=O) groups is 2. The van der Waals surface area contributed by atoms with Crippen LogP contribution in [0.25, 0.3) is 10.9 Å². The summed E-state index contributed by atoms with van der Waals surface area (Å²) in [6.45, 7) is 7.67. The van der Waals surface area contributed by atoms with Crippen molar-refractivity contribution in [1.29, 1.82) is 0 Å². The van der Waals surface area contributed by atoms with Gasteiger partial charge in [-0.2, -0.15) is 0 Å². The molecule has 3 N–H and O–H groups in total. The first-order valence-corrected chi connectivity index (χ1v) is 13.0. The number of ketones is 1. The number of carbonyl (C=O) groups excluding carboxylic acids is 2. The lowest BCUT2D eigenvalue weighted by Crippen LogP contribution is -2.58. The quantitative estimate of drug-likeness (QED) is 0.280. The van der Waals surface area contributed by atoms with E-state index < -0.39 is 6.04 Å². The zero-order chi connectivity index (χ0) is 25.8. The van der Waals surface area contributed by atoms with Crippen LogP contribution in [0, 0.1) is 6.92 Å². The highest BCUT2D eigenvalue weighted by molar-refractivity contribution is 6.11. The summed E-state index contributed by atoms with van der Waals surface area (Å²) in [5, 5.41) is 7.41. The molecule has 6 heteroatoms. The molecule has 1 aliphatic heterocycles. The molecule has 5 rings (SSSR count). The molecule has 0 bridgehead atoms. The summed E-state index contributed by atoms with van der Waals surface area (Å²) in [6, 6.07) is 23.6. The zero-order valence-electron chi connectivity index (χ0n) is 21.5. The fourth-order valence-corrected chi connectivity index (χ4v) is 4.94. The summed E-state index contributed by atoms with van der Waals surface area (Å²) in [4.78, 5) is 32.1. The van der Waals surface area contributed by atoms with Crippen molar-refractivity contribution in [2.45, 2.75) is 32.4 Å². The van der Waals surface area contributed by atoms with Crippen molar-refractivity contribution in [2.75, 3.05) is 26.2 Å². The Morgan fingerprint density at radius 3 is 2.51 bits per heavy atom. The molecule has 0 spiro atoms. The van der Waals surface area contributed by atoms with Crippen molar-refractivity contribution in [2.24, 2.45) is 0 Å². The Hall–Kier alpha value is -3.74. The summed E-state index contributed by atoms with van der Waals surface area (Å²) in [5.41, 5.74) is 5.41. The zero-order valence-corrected chi connectivity index (χ0v) is 21.5. The van der Waals surface area contributed by atoms with E-state index in [2.05, 4.69) is 58.6 Å². The number of nitrogens with zero attached hydrogens (tertiary/aromatic N) is 1. The van der Waals surface area contributed by atoms with E-state index >= 15 is 0 Å². The number of aromatic nitrogens is 1. The van der Waals surface area contributed by atoms with E-state index in [0.29, 0.717) is 17.7 Å². The molecule has 4 aromatic rings. The van der Waals surface area contributed by atoms with Crippen LogP contribution in [0.2, 0.25) is 0 Å². The van der Waals surface area contributed by atoms with E-state index in [1.807, 2.05) is 42.5 Å². The number of Topliss-reactive ketones (excluding diaryl/α,β-unsaturated/α-hetero) is 1. The number of rotatable bonds is 10. The number of likely N-dealkylation sites (tertiary alicyclic amines) is 1. The first-order chi connectivity index (χ1) is 18.0. The lowest BCUT2D eigenvalue weighted by Gasteiger charge is -2.38. The first-order valence-electron chi connectivity index (χ1n) is 13.0. The number of hydrogen-bond acceptors (Lipinski definition) is 4. The lowest BCUT2D eigenvalue weighted by molar-refractivity contribution is 0.0824. The maximum Gasteiger partial charge on any atom is 0.251 e. The third-order valence-corrected chi connectivity index (χ3v) is 7.23. The first kappa shape index (κ1) is 24.9. The van der Waals surface area contributed by atoms with Crippen LogP contribution in [0.4, 0.5) is 0 Å². The van der Waals surface area contributed by atoms with Crippen molar-refractivity contribution in [3.8, 4) is 0 Å². The standard InChI is InChI=1S/C31H34N4O2/c1-3-35-19-25(20-35)34-31(37)24-13-14-26-27(18-33-28(26)17-24)30(36)29(23-7-5-4-6-8-23)32-16-15-22-11-9-21(2)10-12-22/h4-14,17-18,25,29,32-33H,3,15-16,19-20H2,1-2H3,(H,34,37)/t29-/m0/s1. The van der Waals surface area contributed by atoms with Gasteiger partial charge in [-0.15, -0.1) is 0 Å². The number of amides is 1. The molecule has 2 heterocycles. The van der Waals surface area contributed by atoms with E-state index in [0.717, 1.165) is 42.5 Å². The van der Waals surface area contributed by atoms with E-state index in [4.69, 9.17) is 0 Å². The van der Waals surface area contributed by atoms with Crippen molar-refractivity contribution in [1.82, 2.24) is 20.5 Å². The predicted molar refractivity (Wildman–Crippen MR) is 148 cm³/mol. The van der Waals surface area contributed by atoms with Gasteiger partial charge in [-0.1, -0.05) is 73.2 Å². The fourth-order valence-electron chi connectivity index (χ4n) is 4.94. The molecule has 0 radical (unpaired) electrons. The van der Waals surface area contributed by atoms with Gasteiger partial charge >= 0.3 is 0 Å². The molecular formula is C31H34N4O2. The third kappa shape index (κ3) is 5.66. The van der Waals surface area contributed by atoms with E-state index in [1.54, 1.807) is 12.3 Å². The minimum Gasteiger partial charge on any atom is -0.360 e. The van der Waals surface area contributed by atoms with Gasteiger partial charge in [0.25, 0.3) is 5.91 Å². The minimum absolute atomic E-state index is 0.00711. The molecule has 1 fully saturated rings. The monoisotopic (exact) mass is 494 g/mol. The van der Waals surface area contributed by atoms with E-state index in [1.165, 1.54) is 11.1 Å². The number of nitrogens with one attached hydrogen (secondary N) is 3. The Labute approximate surface area is 218 Å². The molecule has 1 aromatic heterocycles. The Morgan fingerprint density at radius 1 is 1.03 bits per heavy atom. The van der Waals surface area contributed by atoms with E-state index in [9.17, 15) is 9.59 Å². The molecule has 1 amide bonds. The van der Waals surface area contributed by atoms with Gasteiger partial charge in [0, 0.05) is 47.9 Å². The number of aromatic amines is 1. The highest BCUT2D eigenvalue weighted by Crippen LogP contribution is 2.26. The number of fused-ring (bicyclic) bond motifs is 1. The Morgan fingerprint density at radius 2 is 1.78 bits per heavy atom. The van der Waals surface area contributed by atoms with Gasteiger partial charge in [0.15, 0.2) is 5.78 Å². The second-order valence-electron chi connectivity index (χ2n) is 9.88. The third-order valence-electron chi connectivity index (χ3n) is 7.23. The van der Waals surface area contributed by atoms with Crippen molar-refractivity contribution >= 4 is 22.6 Å². The number of likely N-dealkylation sites (N-methyl/N-ethyl adjacent to an activating group) is 1. The molecule has 0 unspecified atom stereocenters. The average Bonchev–Trinajstić information content (AvgIpc) is 3.33. The smallest absolute Gasteiger partial charge is 0.251 e. The topological polar surface area (TPSA) is 77.2 Å². The maximum atomic E-state index is 13.8. The normalized spacial score (nSPS) is 14.9. The molecule has 0 aliphatic carbocycles. The summed E-state index contributed by atoms with van der Waals surface area (Å²) in [7, 11) is 0. The largest absolute Gasteiger partial charge is 0.360 e. The van der Waals surface area contributed by atoms with Gasteiger partial charge in [-0.25, -0.2) is 0 Å². The van der Waals surface area contributed by atoms with Crippen molar-refractivity contribution in [3.05, 3.63) is 107 Å². The second kappa shape index (κ2) is 11.1. The van der Waals surface area contributed by atoms with Gasteiger partial charge in [0.2, 0.25) is 0 Å². The number of H-pyrrole nitrogens is 1. The molecule has 190 valence electrons. The van der Waals surface area contributed by atoms with E-state index in [-0.39, 0.29) is 17.7 Å². The molecule has 6 nitrogen and oxygen atoms in total. The van der Waals surface area contributed by atoms with Crippen LogP contribution in [0.5, 0.6) is 0 Å². The minimum atomic E-state index is -0.464. The number of aryl methyl sites for hydroxylation is 1. The second-order valence-corrected chi connectivity index (χ2v) is 9.88. The summed E-state index contributed by atoms with van der Waals surface area (Å²) >= 11 is 0. The molecule has 1 aliphatic rings. The van der Waals surface area contributed by atoms with Gasteiger partial charge in [-0.05, 0) is 43.1 Å². The number of hydrogen-bond donors (Lipinski definition) is 3. The van der Waals surface area contributed by atoms with Crippen LogP contribution < -0.4 is 10.6 Å². The Kier molecular flexibility index (Phi) is 7.49. The van der Waals surface area contributed by atoms with Gasteiger partial charge < -0.3 is 15.6 Å². The van der Waals surface area contributed by atoms with Crippen molar-refractivity contribution < 1.29 is 9.59 Å². The molecule has 37 heavy (non-hydrogen) atoms. The lowest BCUT2D eigenvalue weighted by atomic mass is 9.96. The highest BCUT2D eigenvalue weighted by Gasteiger charge is 2.27. The van der Waals surface area contributed by atoms with Crippen LogP contribution >= 0.6 is 0 Å². The SMILES string of the molecule is CCN1CC(NC(=O)c2ccc3c(C(=O)[C@@H](NCCc4ccc(C)cc4)c4ccccc4)c[nH]c3c2)C1. The van der Waals surface area contributed by atoms with Crippen LogP contribution in [-0.4, -0.2) is 53.8 Å². The Balaban J connectivity index is 1.32. The van der Waals surface area contributed by atoms with Crippen LogP contribution in [0.1, 0.15) is 50.4 Å². The maximum absolute atomic E-state index is 13.8. The summed E-state index contributed by atoms with van der Waals surface area (Å²) < 4.78 is 0. The predicted octanol–water partition coefficient (Wildman–Crippen LogP) is 4.67.